The van der Waals surface area contributed by atoms with Gasteiger partial charge in [0, 0.05) is 9.80 Å². The summed E-state index contributed by atoms with van der Waals surface area (Å²) < 4.78 is 6.45. The normalized spacial score (nSPS) is 12.6. The van der Waals surface area contributed by atoms with E-state index in [4.69, 9.17) is 4.74 Å². The molecule has 0 fully saturated rings. The van der Waals surface area contributed by atoms with Crippen molar-refractivity contribution in [3.63, 3.8) is 0 Å². The maximum atomic E-state index is 9.26. The molecule has 0 amide bonds. The van der Waals surface area contributed by atoms with E-state index in [1.807, 2.05) is 25.1 Å². The van der Waals surface area contributed by atoms with Crippen LogP contribution < -0.4 is 4.74 Å². The van der Waals surface area contributed by atoms with Gasteiger partial charge < -0.3 is 9.84 Å². The molecule has 0 aliphatic heterocycles. The lowest BCUT2D eigenvalue weighted by Gasteiger charge is -2.10. The lowest BCUT2D eigenvalue weighted by Crippen LogP contribution is -2.18. The first-order valence-corrected chi connectivity index (χ1v) is 6.18. The van der Waals surface area contributed by atoms with E-state index in [0.717, 1.165) is 15.8 Å². The minimum atomic E-state index is -0.459. The third-order valence-electron chi connectivity index (χ3n) is 1.75. The third-order valence-corrected chi connectivity index (χ3v) is 3.39. The van der Waals surface area contributed by atoms with Crippen molar-refractivity contribution < 1.29 is 9.84 Å². The maximum Gasteiger partial charge on any atom is 0.119 e. The molecule has 1 N–H and O–H groups in total. The standard InChI is InChI=1S/C10H12Br2O2/c1-7-4-9(2-3-10(7)12)14-6-8(13)5-11/h2-4,8,13H,5-6H2,1H3. The number of aliphatic hydroxyl groups is 1. The van der Waals surface area contributed by atoms with Gasteiger partial charge in [0.15, 0.2) is 0 Å². The molecule has 14 heavy (non-hydrogen) atoms. The van der Waals surface area contributed by atoms with Gasteiger partial charge in [-0.05, 0) is 30.7 Å². The number of aryl methyl sites for hydroxylation is 1. The Morgan fingerprint density at radius 3 is 2.79 bits per heavy atom. The fourth-order valence-electron chi connectivity index (χ4n) is 0.944. The van der Waals surface area contributed by atoms with E-state index in [1.165, 1.54) is 0 Å². The van der Waals surface area contributed by atoms with Crippen LogP contribution >= 0.6 is 31.9 Å². The van der Waals surface area contributed by atoms with Crippen LogP contribution in [0.15, 0.2) is 22.7 Å². The van der Waals surface area contributed by atoms with Crippen molar-refractivity contribution in [2.24, 2.45) is 0 Å². The number of alkyl halides is 1. The predicted molar refractivity (Wildman–Crippen MR) is 64.2 cm³/mol. The Bertz CT molecular complexity index is 302. The van der Waals surface area contributed by atoms with Crippen LogP contribution in [0.25, 0.3) is 0 Å². The zero-order valence-corrected chi connectivity index (χ0v) is 11.0. The van der Waals surface area contributed by atoms with Gasteiger partial charge in [0.25, 0.3) is 0 Å². The Morgan fingerprint density at radius 2 is 2.21 bits per heavy atom. The fourth-order valence-corrected chi connectivity index (χ4v) is 1.38. The first-order chi connectivity index (χ1) is 6.63. The molecule has 1 atom stereocenters. The first-order valence-electron chi connectivity index (χ1n) is 4.26. The zero-order chi connectivity index (χ0) is 10.6. The van der Waals surface area contributed by atoms with E-state index in [-0.39, 0.29) is 0 Å². The lowest BCUT2D eigenvalue weighted by atomic mass is 10.2. The van der Waals surface area contributed by atoms with Gasteiger partial charge in [-0.2, -0.15) is 0 Å². The summed E-state index contributed by atoms with van der Waals surface area (Å²) in [7, 11) is 0. The van der Waals surface area contributed by atoms with Crippen LogP contribution in [0.4, 0.5) is 0 Å². The van der Waals surface area contributed by atoms with E-state index in [0.29, 0.717) is 11.9 Å². The molecule has 0 radical (unpaired) electrons. The smallest absolute Gasteiger partial charge is 0.119 e. The van der Waals surface area contributed by atoms with Crippen molar-refractivity contribution in [3.8, 4) is 5.75 Å². The average molecular weight is 324 g/mol. The molecule has 2 nitrogen and oxygen atoms in total. The molecule has 1 rings (SSSR count). The Hall–Kier alpha value is -0.0600. The van der Waals surface area contributed by atoms with E-state index in [2.05, 4.69) is 31.9 Å². The second kappa shape index (κ2) is 5.73. The number of hydrogen-bond donors (Lipinski definition) is 1. The minimum absolute atomic E-state index is 0.312. The fraction of sp³-hybridized carbons (Fsp3) is 0.400. The van der Waals surface area contributed by atoms with Crippen LogP contribution in [0, 0.1) is 6.92 Å². The highest BCUT2D eigenvalue weighted by Crippen LogP contribution is 2.21. The Balaban J connectivity index is 2.55. The summed E-state index contributed by atoms with van der Waals surface area (Å²) in [5, 5.41) is 9.79. The van der Waals surface area contributed by atoms with Gasteiger partial charge in [0.05, 0.1) is 6.10 Å². The molecule has 0 saturated heterocycles. The Morgan fingerprint density at radius 1 is 1.50 bits per heavy atom. The molecule has 1 aromatic carbocycles. The summed E-state index contributed by atoms with van der Waals surface area (Å²) >= 11 is 6.59. The first kappa shape index (κ1) is 12.0. The highest BCUT2D eigenvalue weighted by atomic mass is 79.9. The van der Waals surface area contributed by atoms with Gasteiger partial charge in [0.1, 0.15) is 12.4 Å². The van der Waals surface area contributed by atoms with Gasteiger partial charge in [-0.25, -0.2) is 0 Å². The number of halogens is 2. The van der Waals surface area contributed by atoms with Gasteiger partial charge in [-0.15, -0.1) is 0 Å². The molecule has 0 aromatic heterocycles. The summed E-state index contributed by atoms with van der Waals surface area (Å²) in [5.41, 5.74) is 1.12. The average Bonchev–Trinajstić information content (AvgIpc) is 2.19. The minimum Gasteiger partial charge on any atom is -0.491 e. The van der Waals surface area contributed by atoms with E-state index >= 15 is 0 Å². The van der Waals surface area contributed by atoms with E-state index < -0.39 is 6.10 Å². The number of ether oxygens (including phenoxy) is 1. The van der Waals surface area contributed by atoms with Crippen LogP contribution in [-0.2, 0) is 0 Å². The van der Waals surface area contributed by atoms with Crippen molar-refractivity contribution in [3.05, 3.63) is 28.2 Å². The van der Waals surface area contributed by atoms with Crippen molar-refractivity contribution in [2.45, 2.75) is 13.0 Å². The molecule has 1 aromatic rings. The molecular weight excluding hydrogens is 312 g/mol. The molecule has 0 aliphatic rings. The zero-order valence-electron chi connectivity index (χ0n) is 7.84. The molecule has 0 bridgehead atoms. The topological polar surface area (TPSA) is 29.5 Å². The Kier molecular flexibility index (Phi) is 4.92. The summed E-state index contributed by atoms with van der Waals surface area (Å²) in [6, 6.07) is 5.74. The largest absolute Gasteiger partial charge is 0.491 e. The number of rotatable bonds is 4. The molecule has 0 heterocycles. The second-order valence-electron chi connectivity index (χ2n) is 3.03. The van der Waals surface area contributed by atoms with Crippen LogP contribution in [-0.4, -0.2) is 23.1 Å². The second-order valence-corrected chi connectivity index (χ2v) is 4.53. The summed E-state index contributed by atoms with van der Waals surface area (Å²) in [6.45, 7) is 2.31. The van der Waals surface area contributed by atoms with Crippen LogP contribution in [0.3, 0.4) is 0 Å². The predicted octanol–water partition coefficient (Wildman–Crippen LogP) is 2.89. The monoisotopic (exact) mass is 322 g/mol. The van der Waals surface area contributed by atoms with Gasteiger partial charge in [-0.1, -0.05) is 31.9 Å². The molecule has 0 aliphatic carbocycles. The lowest BCUT2D eigenvalue weighted by molar-refractivity contribution is 0.127. The van der Waals surface area contributed by atoms with Crippen molar-refractivity contribution in [1.29, 1.82) is 0 Å². The van der Waals surface area contributed by atoms with Crippen molar-refractivity contribution >= 4 is 31.9 Å². The SMILES string of the molecule is Cc1cc(OCC(O)CBr)ccc1Br. The van der Waals surface area contributed by atoms with Crippen LogP contribution in [0.2, 0.25) is 0 Å². The summed E-state index contributed by atoms with van der Waals surface area (Å²) in [4.78, 5) is 0. The van der Waals surface area contributed by atoms with Gasteiger partial charge in [0.2, 0.25) is 0 Å². The molecule has 0 saturated carbocycles. The summed E-state index contributed by atoms with van der Waals surface area (Å²) in [6.07, 6.45) is -0.459. The maximum absolute atomic E-state index is 9.26. The Labute approximate surface area is 101 Å². The van der Waals surface area contributed by atoms with Crippen molar-refractivity contribution in [1.82, 2.24) is 0 Å². The quantitative estimate of drug-likeness (QED) is 0.863. The highest BCUT2D eigenvalue weighted by Gasteiger charge is 2.03. The molecule has 78 valence electrons. The van der Waals surface area contributed by atoms with Gasteiger partial charge >= 0.3 is 0 Å². The van der Waals surface area contributed by atoms with E-state index in [9.17, 15) is 5.11 Å². The number of benzene rings is 1. The van der Waals surface area contributed by atoms with Gasteiger partial charge in [-0.3, -0.25) is 0 Å². The van der Waals surface area contributed by atoms with Crippen molar-refractivity contribution in [2.75, 3.05) is 11.9 Å². The summed E-state index contributed by atoms with van der Waals surface area (Å²) in [5.74, 6) is 0.783. The number of hydrogen-bond acceptors (Lipinski definition) is 2. The van der Waals surface area contributed by atoms with E-state index in [1.54, 1.807) is 0 Å². The molecular formula is C10H12Br2O2. The molecule has 4 heteroatoms. The highest BCUT2D eigenvalue weighted by molar-refractivity contribution is 9.10. The number of aliphatic hydroxyl groups excluding tert-OH is 1. The van der Waals surface area contributed by atoms with Crippen LogP contribution in [0.5, 0.6) is 5.75 Å². The molecule has 1 unspecified atom stereocenters. The third kappa shape index (κ3) is 3.59. The molecule has 0 spiro atoms. The van der Waals surface area contributed by atoms with Crippen LogP contribution in [0.1, 0.15) is 5.56 Å².